The average molecular weight is 579 g/mol. The Kier molecular flexibility index (Phi) is 7.41. The lowest BCUT2D eigenvalue weighted by molar-refractivity contribution is 0.00578. The van der Waals surface area contributed by atoms with Crippen LogP contribution < -0.4 is 15.9 Å². The molecule has 0 radical (unpaired) electrons. The van der Waals surface area contributed by atoms with Crippen LogP contribution in [-0.4, -0.2) is 58.7 Å². The Morgan fingerprint density at radius 1 is 1.05 bits per heavy atom. The molecule has 0 atom stereocenters. The van der Waals surface area contributed by atoms with E-state index in [0.29, 0.717) is 19.0 Å². The molecule has 0 unspecified atom stereocenters. The maximum absolute atomic E-state index is 13.5. The van der Waals surface area contributed by atoms with Crippen LogP contribution >= 0.6 is 0 Å². The van der Waals surface area contributed by atoms with Crippen LogP contribution in [0.5, 0.6) is 0 Å². The molecule has 2 aromatic heterocycles. The van der Waals surface area contributed by atoms with Gasteiger partial charge in [0.2, 0.25) is 5.95 Å². The van der Waals surface area contributed by atoms with Crippen molar-refractivity contribution in [2.24, 2.45) is 0 Å². The van der Waals surface area contributed by atoms with Crippen molar-refractivity contribution in [2.45, 2.75) is 117 Å². The summed E-state index contributed by atoms with van der Waals surface area (Å²) in [6.45, 7) is 25.7. The van der Waals surface area contributed by atoms with Gasteiger partial charge < -0.3 is 23.5 Å². The number of nitrogens with zero attached hydrogens (tertiary/aromatic N) is 4. The van der Waals surface area contributed by atoms with E-state index >= 15 is 0 Å². The Hall–Kier alpha value is -2.40. The second kappa shape index (κ2) is 10.1. The summed E-state index contributed by atoms with van der Waals surface area (Å²) >= 11 is 0. The summed E-state index contributed by atoms with van der Waals surface area (Å²) in [5, 5.41) is 0.996. The predicted octanol–water partition coefficient (Wildman–Crippen LogP) is 5.48. The number of hydrogen-bond acceptors (Lipinski definition) is 6. The van der Waals surface area contributed by atoms with Gasteiger partial charge in [0.25, 0.3) is 5.56 Å². The summed E-state index contributed by atoms with van der Waals surface area (Å²) in [6.07, 6.45) is 2.08. The van der Waals surface area contributed by atoms with Crippen LogP contribution in [0.2, 0.25) is 25.7 Å². The molecule has 10 heteroatoms. The molecule has 1 fully saturated rings. The average Bonchev–Trinajstić information content (AvgIpc) is 3.41. The van der Waals surface area contributed by atoms with E-state index in [-0.39, 0.29) is 17.1 Å². The predicted molar refractivity (Wildman–Crippen MR) is 171 cm³/mol. The van der Waals surface area contributed by atoms with Crippen molar-refractivity contribution < 1.29 is 14.0 Å². The van der Waals surface area contributed by atoms with E-state index in [1.54, 1.807) is 10.6 Å². The summed E-state index contributed by atoms with van der Waals surface area (Å²) in [5.41, 5.74) is 2.44. The number of fused-ring (bicyclic) bond motifs is 2. The molecule has 0 N–H and O–H groups in total. The second-order valence-corrected chi connectivity index (χ2v) is 20.5. The monoisotopic (exact) mass is 578 g/mol. The molecule has 0 aliphatic carbocycles. The topological polar surface area (TPSA) is 70.8 Å². The van der Waals surface area contributed by atoms with Gasteiger partial charge in [-0.3, -0.25) is 9.36 Å². The molecule has 8 nitrogen and oxygen atoms in total. The van der Waals surface area contributed by atoms with Crippen LogP contribution in [-0.2, 0) is 27.3 Å². The zero-order chi connectivity index (χ0) is 30.1. The van der Waals surface area contributed by atoms with Gasteiger partial charge in [-0.05, 0) is 73.0 Å². The summed E-state index contributed by atoms with van der Waals surface area (Å²) in [7, 11) is -1.68. The first kappa shape index (κ1) is 30.1. The molecular weight excluding hydrogens is 531 g/mol. The first-order valence-corrected chi connectivity index (χ1v) is 18.6. The first-order chi connectivity index (χ1) is 18.9. The van der Waals surface area contributed by atoms with Crippen LogP contribution in [0, 0.1) is 0 Å². The molecule has 5 rings (SSSR count). The Morgan fingerprint density at radius 2 is 1.71 bits per heavy atom. The maximum Gasteiger partial charge on any atom is 0.494 e. The summed E-state index contributed by atoms with van der Waals surface area (Å²) < 4.78 is 22.9. The van der Waals surface area contributed by atoms with Crippen molar-refractivity contribution in [1.82, 2.24) is 14.1 Å². The molecular formula is C31H47BN4O4Si. The fourth-order valence-electron chi connectivity index (χ4n) is 5.92. The zero-order valence-electron chi connectivity index (χ0n) is 26.8. The Labute approximate surface area is 246 Å². The molecule has 41 heavy (non-hydrogen) atoms. The number of ether oxygens (including phenoxy) is 1. The molecule has 2 aliphatic heterocycles. The van der Waals surface area contributed by atoms with Crippen molar-refractivity contribution >= 4 is 37.5 Å². The highest BCUT2D eigenvalue weighted by Crippen LogP contribution is 2.38. The van der Waals surface area contributed by atoms with Crippen LogP contribution in [0.1, 0.15) is 55.4 Å². The van der Waals surface area contributed by atoms with Crippen molar-refractivity contribution in [1.29, 1.82) is 0 Å². The molecule has 2 aliphatic rings. The minimum absolute atomic E-state index is 0.0318. The van der Waals surface area contributed by atoms with Gasteiger partial charge in [0.15, 0.2) is 0 Å². The minimum Gasteiger partial charge on any atom is -0.399 e. The molecule has 0 amide bonds. The van der Waals surface area contributed by atoms with E-state index in [1.165, 1.54) is 0 Å². The highest BCUT2D eigenvalue weighted by atomic mass is 28.3. The molecule has 3 aromatic rings. The largest absolute Gasteiger partial charge is 0.494 e. The first-order valence-electron chi connectivity index (χ1n) is 14.9. The highest BCUT2D eigenvalue weighted by molar-refractivity contribution is 6.76. The fourth-order valence-corrected chi connectivity index (χ4v) is 6.68. The Balaban J connectivity index is 1.60. The molecule has 0 spiro atoms. The summed E-state index contributed by atoms with van der Waals surface area (Å²) in [4.78, 5) is 20.8. The van der Waals surface area contributed by atoms with Gasteiger partial charge >= 0.3 is 7.12 Å². The third-order valence-corrected chi connectivity index (χ3v) is 10.6. The number of anilines is 1. The van der Waals surface area contributed by atoms with Gasteiger partial charge in [-0.15, -0.1) is 0 Å². The minimum atomic E-state index is -1.20. The molecule has 1 saturated heterocycles. The fraction of sp³-hybridized carbons (Fsp3) is 0.613. The molecule has 0 saturated carbocycles. The summed E-state index contributed by atoms with van der Waals surface area (Å²) in [6, 6.07) is 9.29. The van der Waals surface area contributed by atoms with Crippen molar-refractivity contribution in [2.75, 3.05) is 11.5 Å². The third-order valence-electron chi connectivity index (χ3n) is 8.85. The smallest absolute Gasteiger partial charge is 0.399 e. The van der Waals surface area contributed by atoms with Crippen molar-refractivity contribution in [3.63, 3.8) is 0 Å². The van der Waals surface area contributed by atoms with Gasteiger partial charge in [0.1, 0.15) is 6.73 Å². The zero-order valence-corrected chi connectivity index (χ0v) is 27.8. The number of rotatable bonds is 8. The lowest BCUT2D eigenvalue weighted by atomic mass is 9.78. The van der Waals surface area contributed by atoms with E-state index < -0.39 is 26.4 Å². The SMILES string of the molecule is CC(C)N1c2nc(-c3cn(COCC[Si](C)(C)C)c4ccc(B5OC(C)(C)C(C)(C)O5)cc34)cc(=O)n2CC1(C)C. The maximum atomic E-state index is 13.5. The van der Waals surface area contributed by atoms with E-state index in [9.17, 15) is 4.79 Å². The number of aromatic nitrogens is 3. The highest BCUT2D eigenvalue weighted by Gasteiger charge is 2.51. The van der Waals surface area contributed by atoms with Crippen molar-refractivity contribution in [3.05, 3.63) is 40.8 Å². The van der Waals surface area contributed by atoms with Gasteiger partial charge in [0.05, 0.1) is 34.5 Å². The molecule has 222 valence electrons. The van der Waals surface area contributed by atoms with E-state index in [4.69, 9.17) is 19.0 Å². The summed E-state index contributed by atoms with van der Waals surface area (Å²) in [5.74, 6) is 0.724. The third kappa shape index (κ3) is 5.56. The van der Waals surface area contributed by atoms with E-state index in [0.717, 1.165) is 40.5 Å². The van der Waals surface area contributed by atoms with Crippen LogP contribution in [0.25, 0.3) is 22.2 Å². The second-order valence-electron chi connectivity index (χ2n) is 14.9. The van der Waals surface area contributed by atoms with E-state index in [2.05, 4.69) is 109 Å². The number of hydrogen-bond donors (Lipinski definition) is 0. The van der Waals surface area contributed by atoms with Gasteiger partial charge in [-0.25, -0.2) is 4.98 Å². The van der Waals surface area contributed by atoms with Crippen LogP contribution in [0.15, 0.2) is 35.3 Å². The van der Waals surface area contributed by atoms with Gasteiger partial charge in [-0.1, -0.05) is 31.8 Å². The lowest BCUT2D eigenvalue weighted by Gasteiger charge is -2.35. The standard InChI is InChI=1S/C31H47BN4O4Si/c1-21(2)36-28-33-25(17-27(37)35(28)19-29(36,3)4)24-18-34(20-38-14-15-41(9,10)11)26-13-12-22(16-23(24)26)32-39-30(5,6)31(7,8)40-32/h12-13,16-18,21H,14-15,19-20H2,1-11H3. The molecule has 0 bridgehead atoms. The Bertz CT molecular complexity index is 1500. The quantitative estimate of drug-likeness (QED) is 0.260. The van der Waals surface area contributed by atoms with E-state index in [1.807, 2.05) is 0 Å². The number of benzene rings is 1. The van der Waals surface area contributed by atoms with Gasteiger partial charge in [-0.2, -0.15) is 0 Å². The Morgan fingerprint density at radius 3 is 2.32 bits per heavy atom. The van der Waals surface area contributed by atoms with Gasteiger partial charge in [0, 0.05) is 43.9 Å². The van der Waals surface area contributed by atoms with Crippen LogP contribution in [0.4, 0.5) is 5.95 Å². The normalized spacial score (nSPS) is 19.5. The van der Waals surface area contributed by atoms with Crippen molar-refractivity contribution in [3.8, 4) is 11.3 Å². The molecule has 4 heterocycles. The van der Waals surface area contributed by atoms with Crippen LogP contribution in [0.3, 0.4) is 0 Å². The molecule has 1 aromatic carbocycles. The lowest BCUT2D eigenvalue weighted by Crippen LogP contribution is -2.45.